The molecule has 1 unspecified atom stereocenters. The molecular formula is C13H14ClNO2. The summed E-state index contributed by atoms with van der Waals surface area (Å²) in [6.07, 6.45) is 1.64. The van der Waals surface area contributed by atoms with Crippen LogP contribution in [0.3, 0.4) is 0 Å². The Morgan fingerprint density at radius 3 is 2.82 bits per heavy atom. The molecule has 1 atom stereocenters. The normalized spacial score (nSPS) is 12.4. The van der Waals surface area contributed by atoms with Crippen LogP contribution >= 0.6 is 11.6 Å². The summed E-state index contributed by atoms with van der Waals surface area (Å²) in [5.74, 6) is 1.64. The number of ether oxygens (including phenoxy) is 1. The van der Waals surface area contributed by atoms with Crippen LogP contribution in [0.5, 0.6) is 5.75 Å². The van der Waals surface area contributed by atoms with Gasteiger partial charge in [0.2, 0.25) is 0 Å². The van der Waals surface area contributed by atoms with Gasteiger partial charge in [0.15, 0.2) is 0 Å². The van der Waals surface area contributed by atoms with Gasteiger partial charge in [0, 0.05) is 11.6 Å². The Morgan fingerprint density at radius 1 is 1.29 bits per heavy atom. The van der Waals surface area contributed by atoms with Crippen molar-refractivity contribution in [2.75, 3.05) is 13.2 Å². The lowest BCUT2D eigenvalue weighted by molar-refractivity contribution is 0.272. The lowest BCUT2D eigenvalue weighted by Crippen LogP contribution is -2.19. The topological polar surface area (TPSA) is 48.4 Å². The molecule has 0 saturated carbocycles. The summed E-state index contributed by atoms with van der Waals surface area (Å²) in [6.45, 7) is 0.957. The van der Waals surface area contributed by atoms with Crippen molar-refractivity contribution >= 4 is 11.6 Å². The number of furan rings is 1. The second kappa shape index (κ2) is 5.75. The summed E-state index contributed by atoms with van der Waals surface area (Å²) in [5.41, 5.74) is 5.69. The van der Waals surface area contributed by atoms with E-state index in [-0.39, 0.29) is 5.92 Å². The minimum absolute atomic E-state index is 0.0592. The Kier molecular flexibility index (Phi) is 4.07. The Balaban J connectivity index is 1.97. The Labute approximate surface area is 105 Å². The Morgan fingerprint density at radius 2 is 2.18 bits per heavy atom. The maximum atomic E-state index is 5.87. The average molecular weight is 252 g/mol. The first-order chi connectivity index (χ1) is 8.29. The maximum Gasteiger partial charge on any atom is 0.120 e. The van der Waals surface area contributed by atoms with Crippen LogP contribution < -0.4 is 10.5 Å². The third-order valence-corrected chi connectivity index (χ3v) is 2.71. The van der Waals surface area contributed by atoms with E-state index in [9.17, 15) is 0 Å². The van der Waals surface area contributed by atoms with Gasteiger partial charge >= 0.3 is 0 Å². The summed E-state index contributed by atoms with van der Waals surface area (Å²) >= 11 is 5.87. The molecule has 3 nitrogen and oxygen atoms in total. The highest BCUT2D eigenvalue weighted by molar-refractivity contribution is 6.30. The molecule has 1 heterocycles. The fourth-order valence-corrected chi connectivity index (χ4v) is 1.72. The molecule has 2 N–H and O–H groups in total. The van der Waals surface area contributed by atoms with Crippen LogP contribution in [0.25, 0.3) is 0 Å². The standard InChI is InChI=1S/C13H14ClNO2/c14-11-3-1-4-12(7-11)17-9-10(8-15)13-5-2-6-16-13/h1-7,10H,8-9,15H2. The molecule has 0 spiro atoms. The highest BCUT2D eigenvalue weighted by Crippen LogP contribution is 2.20. The molecule has 0 aliphatic heterocycles. The fraction of sp³-hybridized carbons (Fsp3) is 0.231. The summed E-state index contributed by atoms with van der Waals surface area (Å²) in [4.78, 5) is 0. The molecule has 0 fully saturated rings. The fourth-order valence-electron chi connectivity index (χ4n) is 1.54. The Bertz CT molecular complexity index is 456. The van der Waals surface area contributed by atoms with Crippen LogP contribution in [0.1, 0.15) is 11.7 Å². The van der Waals surface area contributed by atoms with Crippen molar-refractivity contribution in [1.29, 1.82) is 0 Å². The van der Waals surface area contributed by atoms with Gasteiger partial charge in [-0.2, -0.15) is 0 Å². The zero-order chi connectivity index (χ0) is 12.1. The maximum absolute atomic E-state index is 5.87. The molecule has 17 heavy (non-hydrogen) atoms. The first-order valence-corrected chi connectivity index (χ1v) is 5.79. The molecule has 0 saturated heterocycles. The minimum atomic E-state index is 0.0592. The second-order valence-corrected chi connectivity index (χ2v) is 4.15. The summed E-state index contributed by atoms with van der Waals surface area (Å²) in [6, 6.07) is 11.0. The van der Waals surface area contributed by atoms with E-state index in [1.807, 2.05) is 24.3 Å². The number of nitrogens with two attached hydrogens (primary N) is 1. The second-order valence-electron chi connectivity index (χ2n) is 3.72. The smallest absolute Gasteiger partial charge is 0.120 e. The van der Waals surface area contributed by atoms with Crippen molar-refractivity contribution in [3.05, 3.63) is 53.4 Å². The molecule has 2 rings (SSSR count). The van der Waals surface area contributed by atoms with E-state index in [0.717, 1.165) is 11.5 Å². The number of hydrogen-bond acceptors (Lipinski definition) is 3. The number of hydrogen-bond donors (Lipinski definition) is 1. The predicted molar refractivity (Wildman–Crippen MR) is 67.5 cm³/mol. The monoisotopic (exact) mass is 251 g/mol. The largest absolute Gasteiger partial charge is 0.493 e. The highest BCUT2D eigenvalue weighted by Gasteiger charge is 2.13. The molecule has 0 aliphatic rings. The summed E-state index contributed by atoms with van der Waals surface area (Å²) in [5, 5.41) is 0.657. The van der Waals surface area contributed by atoms with E-state index in [1.165, 1.54) is 0 Å². The van der Waals surface area contributed by atoms with Crippen molar-refractivity contribution < 1.29 is 9.15 Å². The lowest BCUT2D eigenvalue weighted by atomic mass is 10.1. The van der Waals surface area contributed by atoms with Crippen molar-refractivity contribution in [3.8, 4) is 5.75 Å². The van der Waals surface area contributed by atoms with Crippen LogP contribution in [-0.2, 0) is 0 Å². The lowest BCUT2D eigenvalue weighted by Gasteiger charge is -2.13. The zero-order valence-corrected chi connectivity index (χ0v) is 10.1. The Hall–Kier alpha value is -1.45. The van der Waals surface area contributed by atoms with E-state index in [0.29, 0.717) is 18.2 Å². The van der Waals surface area contributed by atoms with Gasteiger partial charge in [-0.3, -0.25) is 0 Å². The van der Waals surface area contributed by atoms with E-state index >= 15 is 0 Å². The third-order valence-electron chi connectivity index (χ3n) is 2.48. The molecule has 1 aromatic carbocycles. The minimum Gasteiger partial charge on any atom is -0.493 e. The van der Waals surface area contributed by atoms with Gasteiger partial charge in [-0.25, -0.2) is 0 Å². The van der Waals surface area contributed by atoms with Crippen LogP contribution in [0.2, 0.25) is 5.02 Å². The molecule has 90 valence electrons. The third kappa shape index (κ3) is 3.25. The molecule has 0 amide bonds. The summed E-state index contributed by atoms with van der Waals surface area (Å²) in [7, 11) is 0. The molecule has 0 aliphatic carbocycles. The van der Waals surface area contributed by atoms with Gasteiger partial charge < -0.3 is 14.9 Å². The first-order valence-electron chi connectivity index (χ1n) is 5.41. The van der Waals surface area contributed by atoms with E-state index in [4.69, 9.17) is 26.5 Å². The molecule has 2 aromatic rings. The van der Waals surface area contributed by atoms with Gasteiger partial charge in [-0.1, -0.05) is 17.7 Å². The predicted octanol–water partition coefficient (Wildman–Crippen LogP) is 3.05. The zero-order valence-electron chi connectivity index (χ0n) is 9.30. The van der Waals surface area contributed by atoms with Gasteiger partial charge in [0.25, 0.3) is 0 Å². The summed E-state index contributed by atoms with van der Waals surface area (Å²) < 4.78 is 11.0. The first kappa shape index (κ1) is 12.0. The molecule has 0 radical (unpaired) electrons. The molecule has 0 bridgehead atoms. The molecule has 1 aromatic heterocycles. The average Bonchev–Trinajstić information content (AvgIpc) is 2.84. The van der Waals surface area contributed by atoms with Crippen molar-refractivity contribution in [2.45, 2.75) is 5.92 Å². The van der Waals surface area contributed by atoms with Crippen LogP contribution in [-0.4, -0.2) is 13.2 Å². The van der Waals surface area contributed by atoms with Gasteiger partial charge in [0.1, 0.15) is 11.5 Å². The number of benzene rings is 1. The number of rotatable bonds is 5. The van der Waals surface area contributed by atoms with Crippen molar-refractivity contribution in [3.63, 3.8) is 0 Å². The van der Waals surface area contributed by atoms with Crippen LogP contribution in [0, 0.1) is 0 Å². The van der Waals surface area contributed by atoms with Crippen molar-refractivity contribution in [1.82, 2.24) is 0 Å². The van der Waals surface area contributed by atoms with Gasteiger partial charge in [0.05, 0.1) is 18.8 Å². The van der Waals surface area contributed by atoms with Gasteiger partial charge in [-0.05, 0) is 30.3 Å². The van der Waals surface area contributed by atoms with Gasteiger partial charge in [-0.15, -0.1) is 0 Å². The SMILES string of the molecule is NCC(COc1cccc(Cl)c1)c1ccco1. The van der Waals surface area contributed by atoms with Crippen LogP contribution in [0.15, 0.2) is 47.1 Å². The van der Waals surface area contributed by atoms with E-state index < -0.39 is 0 Å². The van der Waals surface area contributed by atoms with Crippen LogP contribution in [0.4, 0.5) is 0 Å². The number of halogens is 1. The van der Waals surface area contributed by atoms with E-state index in [1.54, 1.807) is 18.4 Å². The van der Waals surface area contributed by atoms with Crippen molar-refractivity contribution in [2.24, 2.45) is 5.73 Å². The van der Waals surface area contributed by atoms with E-state index in [2.05, 4.69) is 0 Å². The quantitative estimate of drug-likeness (QED) is 0.889. The highest BCUT2D eigenvalue weighted by atomic mass is 35.5. The molecule has 4 heteroatoms. The molecular weight excluding hydrogens is 238 g/mol.